The van der Waals surface area contributed by atoms with E-state index in [-0.39, 0.29) is 17.0 Å². The zero-order valence-corrected chi connectivity index (χ0v) is 36.1. The van der Waals surface area contributed by atoms with Gasteiger partial charge in [-0.2, -0.15) is 0 Å². The molecule has 292 valence electrons. The van der Waals surface area contributed by atoms with E-state index in [1.807, 2.05) is 0 Å². The maximum atomic E-state index is 2.36. The summed E-state index contributed by atoms with van der Waals surface area (Å²) in [7, 11) is 0. The highest BCUT2D eigenvalue weighted by molar-refractivity contribution is 4.56. The number of unbranched alkanes of at least 4 members (excludes halogenated alkanes) is 34. The molecule has 0 aliphatic heterocycles. The molecule has 0 saturated carbocycles. The van der Waals surface area contributed by atoms with Crippen LogP contribution in [0, 0.1) is 0 Å². The summed E-state index contributed by atoms with van der Waals surface area (Å²) < 4.78 is 1.48. The number of nitrogens with zero attached hydrogens (tertiary/aromatic N) is 1. The van der Waals surface area contributed by atoms with Gasteiger partial charge < -0.3 is 21.5 Å². The number of hydrogen-bond acceptors (Lipinski definition) is 0. The van der Waals surface area contributed by atoms with Gasteiger partial charge in [-0.05, 0) is 51.4 Å². The zero-order chi connectivity index (χ0) is 34.2. The van der Waals surface area contributed by atoms with Crippen molar-refractivity contribution < 1.29 is 21.5 Å². The van der Waals surface area contributed by atoms with Crippen LogP contribution in [-0.4, -0.2) is 30.7 Å². The second kappa shape index (κ2) is 43.6. The normalized spacial score (nSPS) is 11.8. The predicted octanol–water partition coefficient (Wildman–Crippen LogP) is 13.7. The number of rotatable bonds is 42. The smallest absolute Gasteiger partial charge is 0.0786 e. The van der Waals surface area contributed by atoms with Gasteiger partial charge in [0.2, 0.25) is 0 Å². The first-order valence-electron chi connectivity index (χ1n) is 23.1. The molecule has 0 radical (unpaired) electrons. The van der Waals surface area contributed by atoms with Gasteiger partial charge in [-0.1, -0.05) is 220 Å². The molecule has 0 atom stereocenters. The van der Waals surface area contributed by atoms with Crippen LogP contribution in [0.25, 0.3) is 0 Å². The van der Waals surface area contributed by atoms with Crippen molar-refractivity contribution >= 4 is 0 Å². The van der Waals surface area contributed by atoms with Gasteiger partial charge >= 0.3 is 0 Å². The van der Waals surface area contributed by atoms with Crippen molar-refractivity contribution in [3.8, 4) is 0 Å². The lowest BCUT2D eigenvalue weighted by atomic mass is 10.0. The van der Waals surface area contributed by atoms with Crippen LogP contribution in [0.5, 0.6) is 0 Å². The zero-order valence-electron chi connectivity index (χ0n) is 34.5. The highest BCUT2D eigenvalue weighted by Crippen LogP contribution is 2.21. The fourth-order valence-corrected chi connectivity index (χ4v) is 8.06. The minimum Gasteiger partial charge on any atom is -1.00 e. The van der Waals surface area contributed by atoms with Crippen molar-refractivity contribution in [1.82, 2.24) is 0 Å². The van der Waals surface area contributed by atoms with E-state index in [0.29, 0.717) is 0 Å². The van der Waals surface area contributed by atoms with Crippen LogP contribution in [0.4, 0.5) is 0 Å². The molecule has 0 aromatic carbocycles. The van der Waals surface area contributed by atoms with Gasteiger partial charge in [0.25, 0.3) is 0 Å². The van der Waals surface area contributed by atoms with Crippen molar-refractivity contribution in [3.63, 3.8) is 0 Å². The third-order valence-corrected chi connectivity index (χ3v) is 11.4. The average Bonchev–Trinajstić information content (AvgIpc) is 3.08. The summed E-state index contributed by atoms with van der Waals surface area (Å²) in [6, 6.07) is 0. The van der Waals surface area contributed by atoms with Gasteiger partial charge in [-0.3, -0.25) is 0 Å². The van der Waals surface area contributed by atoms with Crippen LogP contribution >= 0.6 is 0 Å². The van der Waals surface area contributed by atoms with Crippen LogP contribution in [0.15, 0.2) is 0 Å². The van der Waals surface area contributed by atoms with E-state index in [0.717, 1.165) is 0 Å². The Balaban J connectivity index is 0. The summed E-state index contributed by atoms with van der Waals surface area (Å²) in [6.07, 6.45) is 55.7. The Labute approximate surface area is 318 Å². The standard InChI is InChI=1S/C46H96N.BrH/c1-5-9-13-17-19-21-23-25-27-29-31-33-37-41-45-47(43-39-35-15-11-7-3,44-40-36-16-12-8-4)46-42-38-34-32-30-28-26-24-22-20-18-14-10-6-2;/h5-46H2,1-4H3;1H/q+1;/p-1. The van der Waals surface area contributed by atoms with Gasteiger partial charge in [-0.15, -0.1) is 0 Å². The van der Waals surface area contributed by atoms with Crippen molar-refractivity contribution in [2.75, 3.05) is 26.2 Å². The van der Waals surface area contributed by atoms with Crippen LogP contribution in [0.3, 0.4) is 0 Å². The maximum Gasteiger partial charge on any atom is 0.0786 e. The summed E-state index contributed by atoms with van der Waals surface area (Å²) in [6.45, 7) is 15.3. The van der Waals surface area contributed by atoms with Crippen molar-refractivity contribution in [3.05, 3.63) is 0 Å². The Morgan fingerprint density at radius 3 is 0.458 bits per heavy atom. The number of halogens is 1. The molecule has 48 heavy (non-hydrogen) atoms. The lowest BCUT2D eigenvalue weighted by Crippen LogP contribution is -3.00. The molecule has 0 aromatic rings. The molecule has 0 N–H and O–H groups in total. The summed E-state index contributed by atoms with van der Waals surface area (Å²) in [4.78, 5) is 0. The molecule has 0 spiro atoms. The Hall–Kier alpha value is 0.440. The van der Waals surface area contributed by atoms with Crippen LogP contribution in [0.1, 0.15) is 272 Å². The molecule has 0 bridgehead atoms. The molecule has 0 heterocycles. The molecule has 0 aliphatic carbocycles. The van der Waals surface area contributed by atoms with Crippen LogP contribution in [0.2, 0.25) is 0 Å². The molecule has 1 nitrogen and oxygen atoms in total. The van der Waals surface area contributed by atoms with Gasteiger partial charge in [0.05, 0.1) is 26.2 Å². The minimum absolute atomic E-state index is 0. The summed E-state index contributed by atoms with van der Waals surface area (Å²) in [5, 5.41) is 0. The monoisotopic (exact) mass is 742 g/mol. The largest absolute Gasteiger partial charge is 1.00 e. The Kier molecular flexibility index (Phi) is 45.9. The Morgan fingerprint density at radius 2 is 0.312 bits per heavy atom. The summed E-state index contributed by atoms with van der Waals surface area (Å²) in [5.41, 5.74) is 0. The molecular formula is C46H96BrN. The third kappa shape index (κ3) is 37.7. The van der Waals surface area contributed by atoms with Gasteiger partial charge in [-0.25, -0.2) is 0 Å². The third-order valence-electron chi connectivity index (χ3n) is 11.4. The second-order valence-corrected chi connectivity index (χ2v) is 16.3. The van der Waals surface area contributed by atoms with Crippen LogP contribution < -0.4 is 17.0 Å². The number of quaternary nitrogens is 1. The first-order valence-corrected chi connectivity index (χ1v) is 23.1. The lowest BCUT2D eigenvalue weighted by molar-refractivity contribution is -0.929. The van der Waals surface area contributed by atoms with Crippen LogP contribution in [-0.2, 0) is 0 Å². The first kappa shape index (κ1) is 50.5. The Morgan fingerprint density at radius 1 is 0.188 bits per heavy atom. The van der Waals surface area contributed by atoms with Crippen molar-refractivity contribution in [2.24, 2.45) is 0 Å². The molecule has 0 saturated heterocycles. The van der Waals surface area contributed by atoms with E-state index in [1.165, 1.54) is 275 Å². The van der Waals surface area contributed by atoms with E-state index in [1.54, 1.807) is 0 Å². The van der Waals surface area contributed by atoms with E-state index in [2.05, 4.69) is 27.7 Å². The molecule has 0 aliphatic rings. The minimum atomic E-state index is 0. The van der Waals surface area contributed by atoms with Gasteiger partial charge in [0, 0.05) is 0 Å². The van der Waals surface area contributed by atoms with E-state index in [9.17, 15) is 0 Å². The molecule has 0 unspecified atom stereocenters. The number of hydrogen-bond donors (Lipinski definition) is 0. The molecule has 2 heteroatoms. The van der Waals surface area contributed by atoms with E-state index in [4.69, 9.17) is 0 Å². The SMILES string of the molecule is CCCCCCCCCCCCCCCC[N+](CCCCCCC)(CCCCCCC)CCCCCCCCCCCCCCCC.[Br-]. The molecule has 0 aromatic heterocycles. The van der Waals surface area contributed by atoms with Crippen molar-refractivity contribution in [2.45, 2.75) is 272 Å². The molecule has 0 rings (SSSR count). The molecule has 0 amide bonds. The Bertz CT molecular complexity index is 500. The molecule has 0 fully saturated rings. The fourth-order valence-electron chi connectivity index (χ4n) is 8.06. The summed E-state index contributed by atoms with van der Waals surface area (Å²) >= 11 is 0. The lowest BCUT2D eigenvalue weighted by Gasteiger charge is -2.40. The predicted molar refractivity (Wildman–Crippen MR) is 218 cm³/mol. The van der Waals surface area contributed by atoms with Gasteiger partial charge in [0.1, 0.15) is 0 Å². The first-order chi connectivity index (χ1) is 23.2. The van der Waals surface area contributed by atoms with E-state index >= 15 is 0 Å². The maximum absolute atomic E-state index is 2.36. The topological polar surface area (TPSA) is 0 Å². The highest BCUT2D eigenvalue weighted by atomic mass is 79.9. The quantitative estimate of drug-likeness (QED) is 0.0432. The second-order valence-electron chi connectivity index (χ2n) is 16.3. The van der Waals surface area contributed by atoms with Crippen molar-refractivity contribution in [1.29, 1.82) is 0 Å². The average molecular weight is 743 g/mol. The summed E-state index contributed by atoms with van der Waals surface area (Å²) in [5.74, 6) is 0. The molecular weight excluding hydrogens is 646 g/mol. The highest BCUT2D eigenvalue weighted by Gasteiger charge is 2.25. The van der Waals surface area contributed by atoms with E-state index < -0.39 is 0 Å². The van der Waals surface area contributed by atoms with Gasteiger partial charge in [0.15, 0.2) is 0 Å². The fraction of sp³-hybridized carbons (Fsp3) is 1.00.